The van der Waals surface area contributed by atoms with Crippen LogP contribution in [0.5, 0.6) is 0 Å². The van der Waals surface area contributed by atoms with E-state index in [-0.39, 0.29) is 23.0 Å². The zero-order valence-electron chi connectivity index (χ0n) is 52.9. The van der Waals surface area contributed by atoms with Crippen LogP contribution in [-0.2, 0) is 0 Å². The summed E-state index contributed by atoms with van der Waals surface area (Å²) in [6.45, 7) is 30.7. The van der Waals surface area contributed by atoms with E-state index in [1.54, 1.807) is 58.0 Å². The van der Waals surface area contributed by atoms with E-state index in [4.69, 9.17) is 69.6 Å². The molecule has 0 aliphatic rings. The summed E-state index contributed by atoms with van der Waals surface area (Å²) in [6.07, 6.45) is 0. The van der Waals surface area contributed by atoms with Crippen LogP contribution < -0.4 is 0 Å². The van der Waals surface area contributed by atoms with E-state index in [1.165, 1.54) is 56.7 Å². The van der Waals surface area contributed by atoms with E-state index in [0.717, 1.165) is 73.4 Å². The van der Waals surface area contributed by atoms with Gasteiger partial charge in [-0.25, -0.2) is 48.3 Å². The van der Waals surface area contributed by atoms with Gasteiger partial charge in [-0.3, -0.25) is 0 Å². The van der Waals surface area contributed by atoms with Crippen molar-refractivity contribution in [2.24, 2.45) is 0 Å². The molecule has 0 N–H and O–H groups in total. The van der Waals surface area contributed by atoms with Gasteiger partial charge < -0.3 is 0 Å². The first-order valence-electron chi connectivity index (χ1n) is 27.2. The van der Waals surface area contributed by atoms with E-state index >= 15 is 0 Å². The van der Waals surface area contributed by atoms with Crippen LogP contribution in [0, 0.1) is 189 Å². The molecule has 0 saturated heterocycles. The summed E-state index contributed by atoms with van der Waals surface area (Å²) in [5, 5.41) is 4.17. The molecule has 480 valence electrons. The predicted octanol–water partition coefficient (Wildman–Crippen LogP) is 26.2. The van der Waals surface area contributed by atoms with Crippen molar-refractivity contribution in [3.05, 3.63) is 310 Å². The maximum absolute atomic E-state index is 12.8. The van der Waals surface area contributed by atoms with Gasteiger partial charge in [-0.05, 0) is 257 Å². The molecule has 0 bridgehead atoms. The van der Waals surface area contributed by atoms with Crippen molar-refractivity contribution in [1.29, 1.82) is 0 Å². The van der Waals surface area contributed by atoms with Crippen LogP contribution in [0.25, 0.3) is 0 Å². The standard InChI is InChI=1S/2C8H8Cl2.C8H8ClF.C8H9Cl.C8H6F4.2C8H8F2.2C8H9F/c1-5-3-7(9)6(2)8(10)4-5;1-5-3-4-6(2)8(10)7(5)9;1-5-3-7(9)6(2)8(10)4-5;1-6-3-4-7(2)8(9)5-6;1-3-5(9)7(11)4(2)8(12)6(3)10;1-5-3-7(9)6(2)8(10)4-5;1-5-3-4-6(2)8(10)7(5)9;2*1-6-3-4-7(2)8(9)5-6/h3*3-4H,1-2H3;3-5H,1-2H3;1-2H3;2*3-4H,1-2H3;2*3-5H,1-2H3. The zero-order valence-corrected chi connectivity index (χ0v) is 57.4. The van der Waals surface area contributed by atoms with Crippen molar-refractivity contribution in [3.8, 4) is 0 Å². The third-order valence-corrected chi connectivity index (χ3v) is 15.6. The van der Waals surface area contributed by atoms with Gasteiger partial charge in [0.1, 0.15) is 29.1 Å². The Kier molecular flexibility index (Phi) is 35.1. The lowest BCUT2D eigenvalue weighted by atomic mass is 10.1. The minimum absolute atomic E-state index is 0.0885. The Morgan fingerprint density at radius 3 is 0.719 bits per heavy atom. The van der Waals surface area contributed by atoms with Gasteiger partial charge in [0.05, 0.1) is 10.0 Å². The fourth-order valence-corrected chi connectivity index (χ4v) is 8.26. The quantitative estimate of drug-likeness (QED) is 0.105. The lowest BCUT2D eigenvalue weighted by molar-refractivity contribution is 0.436. The van der Waals surface area contributed by atoms with Crippen LogP contribution in [0.1, 0.15) is 100 Å². The maximum atomic E-state index is 12.8. The molecule has 0 amide bonds. The number of hydrogen-bond acceptors (Lipinski definition) is 0. The second-order valence-corrected chi connectivity index (χ2v) is 23.4. The summed E-state index contributed by atoms with van der Waals surface area (Å²) in [5.74, 6) is -8.19. The highest BCUT2D eigenvalue weighted by molar-refractivity contribution is 6.43. The van der Waals surface area contributed by atoms with Gasteiger partial charge >= 0.3 is 0 Å². The fraction of sp³-hybridized carbons (Fsp3) is 0.250. The van der Waals surface area contributed by atoms with Crippen molar-refractivity contribution in [2.45, 2.75) is 125 Å². The number of halogens is 17. The van der Waals surface area contributed by atoms with Crippen molar-refractivity contribution < 1.29 is 48.3 Å². The molecule has 0 fully saturated rings. The molecule has 0 spiro atoms. The number of benzene rings is 9. The van der Waals surface area contributed by atoms with E-state index < -0.39 is 57.7 Å². The molecule has 9 rings (SSSR count). The van der Waals surface area contributed by atoms with Crippen LogP contribution in [0.4, 0.5) is 48.3 Å². The van der Waals surface area contributed by atoms with Crippen LogP contribution >= 0.6 is 69.6 Å². The lowest BCUT2D eigenvalue weighted by Crippen LogP contribution is -2.02. The summed E-state index contributed by atoms with van der Waals surface area (Å²) < 4.78 is 139. The molecule has 0 aliphatic heterocycles. The summed E-state index contributed by atoms with van der Waals surface area (Å²) in [4.78, 5) is 0. The van der Waals surface area contributed by atoms with E-state index in [0.29, 0.717) is 48.4 Å². The van der Waals surface area contributed by atoms with Gasteiger partial charge in [-0.15, -0.1) is 0 Å². The molecule has 17 heteroatoms. The highest BCUT2D eigenvalue weighted by atomic mass is 35.5. The minimum atomic E-state index is -1.33. The minimum Gasteiger partial charge on any atom is -0.207 e. The molecule has 0 atom stereocenters. The molecule has 0 unspecified atom stereocenters. The monoisotopic (exact) mass is 1360 g/mol. The Balaban J connectivity index is 0.000000501. The summed E-state index contributed by atoms with van der Waals surface area (Å²) in [7, 11) is 0. The third kappa shape index (κ3) is 27.1. The molecule has 9 aromatic carbocycles. The van der Waals surface area contributed by atoms with Crippen LogP contribution in [0.2, 0.25) is 30.1 Å². The highest BCUT2D eigenvalue weighted by Crippen LogP contribution is 2.29. The van der Waals surface area contributed by atoms with Gasteiger partial charge in [0.2, 0.25) is 0 Å². The summed E-state index contributed by atoms with van der Waals surface area (Å²) in [5.41, 5.74) is 11.3. The van der Waals surface area contributed by atoms with Gasteiger partial charge in [0.25, 0.3) is 0 Å². The topological polar surface area (TPSA) is 0 Å². The van der Waals surface area contributed by atoms with Gasteiger partial charge in [-0.2, -0.15) is 0 Å². The molecule has 9 aromatic rings. The van der Waals surface area contributed by atoms with Gasteiger partial charge in [0, 0.05) is 42.3 Å². The predicted molar refractivity (Wildman–Crippen MR) is 353 cm³/mol. The first-order valence-corrected chi connectivity index (χ1v) is 29.5. The lowest BCUT2D eigenvalue weighted by Gasteiger charge is -2.04. The number of aryl methyl sites for hydroxylation is 13. The second-order valence-electron chi connectivity index (χ2n) is 21.0. The average molecular weight is 1360 g/mol. The summed E-state index contributed by atoms with van der Waals surface area (Å²) in [6, 6.07) is 33.2. The molecule has 0 radical (unpaired) electrons. The largest absolute Gasteiger partial charge is 0.207 e. The molecule has 0 heterocycles. The Labute approximate surface area is 548 Å². The van der Waals surface area contributed by atoms with Gasteiger partial charge in [0.15, 0.2) is 34.9 Å². The summed E-state index contributed by atoms with van der Waals surface area (Å²) >= 11 is 34.9. The van der Waals surface area contributed by atoms with E-state index in [9.17, 15) is 48.3 Å². The van der Waals surface area contributed by atoms with Crippen molar-refractivity contribution >= 4 is 69.6 Å². The normalized spacial score (nSPS) is 9.97. The van der Waals surface area contributed by atoms with E-state index in [1.807, 2.05) is 111 Å². The maximum Gasteiger partial charge on any atom is 0.165 e. The Morgan fingerprint density at radius 1 is 0.191 bits per heavy atom. The second kappa shape index (κ2) is 38.6. The molecular weight excluding hydrogens is 1290 g/mol. The van der Waals surface area contributed by atoms with E-state index in [2.05, 4.69) is 6.07 Å². The first-order chi connectivity index (χ1) is 41.1. The van der Waals surface area contributed by atoms with Gasteiger partial charge in [-0.1, -0.05) is 130 Å². The average Bonchev–Trinajstić information content (AvgIpc) is 3.67. The molecular formula is C72H73Cl6F11. The highest BCUT2D eigenvalue weighted by Gasteiger charge is 2.19. The molecule has 0 saturated carbocycles. The Bertz CT molecular complexity index is 3290. The van der Waals surface area contributed by atoms with Crippen molar-refractivity contribution in [3.63, 3.8) is 0 Å². The third-order valence-electron chi connectivity index (χ3n) is 12.9. The SMILES string of the molecule is Cc1c(F)c(F)c(C)c(F)c1F.Cc1cc(Cl)c(C)c(Cl)c1.Cc1cc(F)c(C)c(Cl)c1.Cc1cc(F)c(C)c(F)c1.Cc1ccc(C)c(Cl)c1.Cc1ccc(C)c(Cl)c1Cl.Cc1ccc(C)c(F)c1.Cc1ccc(C)c(F)c1.Cc1ccc(C)c(F)c1F. The molecule has 0 aromatic heterocycles. The molecule has 0 aliphatic carbocycles. The molecule has 0 nitrogen and oxygen atoms in total. The zero-order chi connectivity index (χ0) is 68.6. The fourth-order valence-electron chi connectivity index (χ4n) is 6.75. The van der Waals surface area contributed by atoms with Crippen molar-refractivity contribution in [1.82, 2.24) is 0 Å². The number of rotatable bonds is 0. The smallest absolute Gasteiger partial charge is 0.165 e. The molecule has 89 heavy (non-hydrogen) atoms. The Morgan fingerprint density at radius 2 is 0.427 bits per heavy atom. The van der Waals surface area contributed by atoms with Crippen molar-refractivity contribution in [2.75, 3.05) is 0 Å². The Hall–Kier alpha value is -6.05. The first kappa shape index (κ1) is 81.0. The van der Waals surface area contributed by atoms with Crippen LogP contribution in [0.15, 0.2) is 115 Å². The van der Waals surface area contributed by atoms with Crippen LogP contribution in [-0.4, -0.2) is 0 Å². The number of hydrogen-bond donors (Lipinski definition) is 0. The van der Waals surface area contributed by atoms with Crippen LogP contribution in [0.3, 0.4) is 0 Å².